The minimum absolute atomic E-state index is 0.0259. The van der Waals surface area contributed by atoms with Crippen LogP contribution in [0.5, 0.6) is 5.75 Å². The van der Waals surface area contributed by atoms with Gasteiger partial charge in [0.15, 0.2) is 11.6 Å². The molecule has 0 radical (unpaired) electrons. The molecule has 0 bridgehead atoms. The van der Waals surface area contributed by atoms with Crippen LogP contribution in [-0.2, 0) is 23.8 Å². The van der Waals surface area contributed by atoms with E-state index >= 15 is 0 Å². The van der Waals surface area contributed by atoms with E-state index in [4.69, 9.17) is 4.74 Å². The lowest BCUT2D eigenvalue weighted by Gasteiger charge is -2.07. The van der Waals surface area contributed by atoms with Crippen LogP contribution in [0.3, 0.4) is 0 Å². The smallest absolute Gasteiger partial charge is 0.433 e. The third-order valence-electron chi connectivity index (χ3n) is 3.13. The van der Waals surface area contributed by atoms with Crippen molar-refractivity contribution in [2.45, 2.75) is 19.0 Å². The fourth-order valence-electron chi connectivity index (χ4n) is 2.03. The van der Waals surface area contributed by atoms with E-state index in [2.05, 4.69) is 4.98 Å². The van der Waals surface area contributed by atoms with Gasteiger partial charge in [0.25, 0.3) is 0 Å². The molecular formula is C16H13F4NO2. The number of alkyl halides is 3. The third kappa shape index (κ3) is 4.51. The molecule has 0 spiro atoms. The van der Waals surface area contributed by atoms with Crippen molar-refractivity contribution in [1.82, 2.24) is 4.98 Å². The van der Waals surface area contributed by atoms with Gasteiger partial charge in [0.2, 0.25) is 0 Å². The van der Waals surface area contributed by atoms with E-state index in [-0.39, 0.29) is 24.4 Å². The molecule has 7 heteroatoms. The molecule has 0 saturated heterocycles. The number of pyridine rings is 1. The summed E-state index contributed by atoms with van der Waals surface area (Å²) < 4.78 is 55.5. The average molecular weight is 327 g/mol. The summed E-state index contributed by atoms with van der Waals surface area (Å²) in [4.78, 5) is 15.2. The first kappa shape index (κ1) is 16.9. The van der Waals surface area contributed by atoms with Gasteiger partial charge in [0.05, 0.1) is 7.11 Å². The maximum atomic E-state index is 13.5. The van der Waals surface area contributed by atoms with Crippen LogP contribution in [0.2, 0.25) is 0 Å². The molecule has 0 aliphatic heterocycles. The number of aromatic nitrogens is 1. The molecule has 1 aromatic heterocycles. The van der Waals surface area contributed by atoms with Gasteiger partial charge in [0.1, 0.15) is 11.5 Å². The Morgan fingerprint density at radius 2 is 1.78 bits per heavy atom. The summed E-state index contributed by atoms with van der Waals surface area (Å²) >= 11 is 0. The fraction of sp³-hybridized carbons (Fsp3) is 0.250. The van der Waals surface area contributed by atoms with Crippen LogP contribution in [0.1, 0.15) is 16.8 Å². The SMILES string of the molecule is COc1ccc(CC(=O)Cc2ccc(C(F)(F)F)nc2)cc1F. The van der Waals surface area contributed by atoms with Gasteiger partial charge < -0.3 is 4.74 Å². The van der Waals surface area contributed by atoms with Crippen LogP contribution in [0, 0.1) is 5.82 Å². The number of ketones is 1. The van der Waals surface area contributed by atoms with E-state index in [9.17, 15) is 22.4 Å². The number of methoxy groups -OCH3 is 1. The number of rotatable bonds is 5. The Kier molecular flexibility index (Phi) is 4.98. The third-order valence-corrected chi connectivity index (χ3v) is 3.13. The lowest BCUT2D eigenvalue weighted by molar-refractivity contribution is -0.141. The molecule has 1 aromatic carbocycles. The standard InChI is InChI=1S/C16H13F4NO2/c1-23-14-4-2-10(8-13(14)17)6-12(22)7-11-3-5-15(21-9-11)16(18,19)20/h2-5,8-9H,6-7H2,1H3. The Labute approximate surface area is 129 Å². The number of benzene rings is 1. The van der Waals surface area contributed by atoms with Gasteiger partial charge in [-0.05, 0) is 29.3 Å². The van der Waals surface area contributed by atoms with Crippen LogP contribution in [0.25, 0.3) is 0 Å². The Hall–Kier alpha value is -2.44. The zero-order valence-electron chi connectivity index (χ0n) is 12.2. The number of hydrogen-bond donors (Lipinski definition) is 0. The van der Waals surface area contributed by atoms with Gasteiger partial charge in [-0.3, -0.25) is 9.78 Å². The zero-order valence-corrected chi connectivity index (χ0v) is 12.2. The van der Waals surface area contributed by atoms with Crippen LogP contribution in [0.4, 0.5) is 17.6 Å². The van der Waals surface area contributed by atoms with Gasteiger partial charge in [-0.1, -0.05) is 12.1 Å². The van der Waals surface area contributed by atoms with Gasteiger partial charge in [0, 0.05) is 19.0 Å². The molecule has 122 valence electrons. The second kappa shape index (κ2) is 6.76. The molecule has 0 aliphatic carbocycles. The van der Waals surface area contributed by atoms with Crippen molar-refractivity contribution in [1.29, 1.82) is 0 Å². The van der Waals surface area contributed by atoms with Crippen molar-refractivity contribution in [3.05, 3.63) is 59.2 Å². The van der Waals surface area contributed by atoms with E-state index in [1.54, 1.807) is 6.07 Å². The topological polar surface area (TPSA) is 39.2 Å². The second-order valence-corrected chi connectivity index (χ2v) is 4.91. The molecule has 3 nitrogen and oxygen atoms in total. The summed E-state index contributed by atoms with van der Waals surface area (Å²) in [5.41, 5.74) is -0.170. The van der Waals surface area contributed by atoms with Crippen molar-refractivity contribution < 1.29 is 27.1 Å². The van der Waals surface area contributed by atoms with Gasteiger partial charge >= 0.3 is 6.18 Å². The molecule has 2 aromatic rings. The Morgan fingerprint density at radius 3 is 2.30 bits per heavy atom. The first-order valence-corrected chi connectivity index (χ1v) is 6.66. The van der Waals surface area contributed by atoms with Crippen LogP contribution < -0.4 is 4.74 Å². The lowest BCUT2D eigenvalue weighted by atomic mass is 10.0. The largest absolute Gasteiger partial charge is 0.494 e. The zero-order chi connectivity index (χ0) is 17.0. The Bertz CT molecular complexity index is 696. The van der Waals surface area contributed by atoms with E-state index < -0.39 is 17.7 Å². The van der Waals surface area contributed by atoms with Gasteiger partial charge in [-0.2, -0.15) is 13.2 Å². The van der Waals surface area contributed by atoms with E-state index in [0.29, 0.717) is 11.1 Å². The van der Waals surface area contributed by atoms with Crippen LogP contribution >= 0.6 is 0 Å². The van der Waals surface area contributed by atoms with E-state index in [0.717, 1.165) is 12.3 Å². The highest BCUT2D eigenvalue weighted by Crippen LogP contribution is 2.27. The molecule has 2 rings (SSSR count). The van der Waals surface area contributed by atoms with Gasteiger partial charge in [-0.15, -0.1) is 0 Å². The van der Waals surface area contributed by atoms with Crippen LogP contribution in [0.15, 0.2) is 36.5 Å². The Balaban J connectivity index is 2.01. The molecule has 0 amide bonds. The molecule has 23 heavy (non-hydrogen) atoms. The summed E-state index contributed by atoms with van der Waals surface area (Å²) in [7, 11) is 1.33. The minimum atomic E-state index is -4.51. The molecule has 0 N–H and O–H groups in total. The number of hydrogen-bond acceptors (Lipinski definition) is 3. The number of carbonyl (C=O) groups excluding carboxylic acids is 1. The highest BCUT2D eigenvalue weighted by atomic mass is 19.4. The summed E-state index contributed by atoms with van der Waals surface area (Å²) in [6, 6.07) is 6.21. The number of ether oxygens (including phenoxy) is 1. The minimum Gasteiger partial charge on any atom is -0.494 e. The maximum Gasteiger partial charge on any atom is 0.433 e. The number of carbonyl (C=O) groups is 1. The predicted molar refractivity (Wildman–Crippen MR) is 74.6 cm³/mol. The van der Waals surface area contributed by atoms with Crippen molar-refractivity contribution in [3.63, 3.8) is 0 Å². The van der Waals surface area contributed by atoms with Gasteiger partial charge in [-0.25, -0.2) is 4.39 Å². The molecule has 0 atom stereocenters. The first-order chi connectivity index (χ1) is 10.8. The van der Waals surface area contributed by atoms with Crippen molar-refractivity contribution in [2.24, 2.45) is 0 Å². The van der Waals surface area contributed by atoms with Crippen LogP contribution in [-0.4, -0.2) is 17.9 Å². The number of nitrogens with zero attached hydrogens (tertiary/aromatic N) is 1. The van der Waals surface area contributed by atoms with Crippen molar-refractivity contribution in [3.8, 4) is 5.75 Å². The summed E-state index contributed by atoms with van der Waals surface area (Å²) in [5, 5.41) is 0. The molecule has 0 aliphatic rings. The first-order valence-electron chi connectivity index (χ1n) is 6.66. The molecule has 0 fully saturated rings. The quantitative estimate of drug-likeness (QED) is 0.788. The fourth-order valence-corrected chi connectivity index (χ4v) is 2.03. The normalized spacial score (nSPS) is 11.3. The predicted octanol–water partition coefficient (Wildman–Crippen LogP) is 3.60. The second-order valence-electron chi connectivity index (χ2n) is 4.91. The summed E-state index contributed by atoms with van der Waals surface area (Å²) in [5.74, 6) is -0.752. The highest BCUT2D eigenvalue weighted by Gasteiger charge is 2.32. The molecule has 1 heterocycles. The number of Topliss-reactive ketones (excluding diaryl/α,β-unsaturated/α-hetero) is 1. The molecule has 0 unspecified atom stereocenters. The molecular weight excluding hydrogens is 314 g/mol. The van der Waals surface area contributed by atoms with E-state index in [1.807, 2.05) is 0 Å². The Morgan fingerprint density at radius 1 is 1.13 bits per heavy atom. The molecule has 0 saturated carbocycles. The van der Waals surface area contributed by atoms with Crippen molar-refractivity contribution in [2.75, 3.05) is 7.11 Å². The van der Waals surface area contributed by atoms with Crippen molar-refractivity contribution >= 4 is 5.78 Å². The summed E-state index contributed by atoms with van der Waals surface area (Å²) in [6.45, 7) is 0. The maximum absolute atomic E-state index is 13.5. The lowest BCUT2D eigenvalue weighted by Crippen LogP contribution is -2.10. The number of halogens is 4. The highest BCUT2D eigenvalue weighted by molar-refractivity contribution is 5.83. The summed E-state index contributed by atoms with van der Waals surface area (Å²) in [6.07, 6.45) is -3.58. The monoisotopic (exact) mass is 327 g/mol. The average Bonchev–Trinajstić information content (AvgIpc) is 2.47. The van der Waals surface area contributed by atoms with E-state index in [1.165, 1.54) is 25.3 Å².